The number of amides is 1. The normalized spacial score (nSPS) is 24.0. The minimum atomic E-state index is -0.0884. The molecule has 0 unspecified atom stereocenters. The van der Waals surface area contributed by atoms with Crippen molar-refractivity contribution in [1.29, 1.82) is 0 Å². The van der Waals surface area contributed by atoms with Gasteiger partial charge in [-0.05, 0) is 60.5 Å². The van der Waals surface area contributed by atoms with Gasteiger partial charge in [0.25, 0.3) is 5.91 Å². The Bertz CT molecular complexity index is 779. The molecule has 2 heterocycles. The summed E-state index contributed by atoms with van der Waals surface area (Å²) in [5.74, 6) is 0.725. The largest absolute Gasteiger partial charge is 0.488 e. The van der Waals surface area contributed by atoms with Crippen molar-refractivity contribution < 1.29 is 9.53 Å². The second-order valence-corrected chi connectivity index (χ2v) is 7.59. The van der Waals surface area contributed by atoms with Gasteiger partial charge in [0, 0.05) is 10.6 Å². The SMILES string of the molecule is O=C1NC(=NC2CCCC2)SC1=CC1=Cc2cc(Cl)ccc2OC1. The smallest absolute Gasteiger partial charge is 0.264 e. The fourth-order valence-electron chi connectivity index (χ4n) is 3.11. The van der Waals surface area contributed by atoms with E-state index in [9.17, 15) is 4.79 Å². The number of nitrogens with zero attached hydrogens (tertiary/aromatic N) is 1. The highest BCUT2D eigenvalue weighted by Gasteiger charge is 2.26. The monoisotopic (exact) mass is 360 g/mol. The van der Waals surface area contributed by atoms with Crippen molar-refractivity contribution in [2.45, 2.75) is 31.7 Å². The quantitative estimate of drug-likeness (QED) is 0.805. The maximum atomic E-state index is 12.2. The summed E-state index contributed by atoms with van der Waals surface area (Å²) in [5.41, 5.74) is 1.88. The van der Waals surface area contributed by atoms with Crippen molar-refractivity contribution in [1.82, 2.24) is 5.32 Å². The second-order valence-electron chi connectivity index (χ2n) is 6.13. The van der Waals surface area contributed by atoms with Gasteiger partial charge in [0.05, 0.1) is 10.9 Å². The zero-order chi connectivity index (χ0) is 16.5. The average Bonchev–Trinajstić information content (AvgIpc) is 3.18. The molecule has 124 valence electrons. The summed E-state index contributed by atoms with van der Waals surface area (Å²) in [7, 11) is 0. The number of aliphatic imine (C=N–C) groups is 1. The number of rotatable bonds is 2. The second kappa shape index (κ2) is 6.65. The van der Waals surface area contributed by atoms with Crippen LogP contribution in [0.15, 0.2) is 39.7 Å². The lowest BCUT2D eigenvalue weighted by atomic mass is 10.1. The van der Waals surface area contributed by atoms with E-state index in [1.165, 1.54) is 24.6 Å². The molecule has 6 heteroatoms. The predicted molar refractivity (Wildman–Crippen MR) is 98.4 cm³/mol. The van der Waals surface area contributed by atoms with Crippen LogP contribution in [0.5, 0.6) is 5.75 Å². The van der Waals surface area contributed by atoms with Gasteiger partial charge in [-0.2, -0.15) is 0 Å². The molecule has 0 atom stereocenters. The van der Waals surface area contributed by atoms with E-state index < -0.39 is 0 Å². The van der Waals surface area contributed by atoms with Crippen molar-refractivity contribution in [2.75, 3.05) is 6.61 Å². The Balaban J connectivity index is 1.54. The van der Waals surface area contributed by atoms with E-state index in [-0.39, 0.29) is 5.91 Å². The Morgan fingerprint density at radius 3 is 3.00 bits per heavy atom. The lowest BCUT2D eigenvalue weighted by Crippen LogP contribution is -2.21. The van der Waals surface area contributed by atoms with Crippen molar-refractivity contribution in [3.63, 3.8) is 0 Å². The van der Waals surface area contributed by atoms with E-state index in [0.29, 0.717) is 22.6 Å². The average molecular weight is 361 g/mol. The molecule has 0 radical (unpaired) electrons. The van der Waals surface area contributed by atoms with Gasteiger partial charge in [-0.25, -0.2) is 0 Å². The molecule has 1 aromatic carbocycles. The number of thioether (sulfide) groups is 1. The van der Waals surface area contributed by atoms with Crippen LogP contribution in [0.4, 0.5) is 0 Å². The van der Waals surface area contributed by atoms with Gasteiger partial charge in [0.1, 0.15) is 12.4 Å². The van der Waals surface area contributed by atoms with Crippen molar-refractivity contribution in [2.24, 2.45) is 4.99 Å². The van der Waals surface area contributed by atoms with Gasteiger partial charge in [-0.15, -0.1) is 0 Å². The van der Waals surface area contributed by atoms with E-state index >= 15 is 0 Å². The van der Waals surface area contributed by atoms with Gasteiger partial charge in [0.2, 0.25) is 0 Å². The lowest BCUT2D eigenvalue weighted by molar-refractivity contribution is -0.115. The third-order valence-corrected chi connectivity index (χ3v) is 5.46. The highest BCUT2D eigenvalue weighted by molar-refractivity contribution is 8.18. The number of carbonyl (C=O) groups excluding carboxylic acids is 1. The maximum Gasteiger partial charge on any atom is 0.264 e. The Morgan fingerprint density at radius 1 is 1.33 bits per heavy atom. The number of hydrogen-bond donors (Lipinski definition) is 1. The van der Waals surface area contributed by atoms with Crippen molar-refractivity contribution in [3.8, 4) is 5.75 Å². The molecule has 1 aromatic rings. The molecule has 4 rings (SSSR count). The minimum absolute atomic E-state index is 0.0884. The molecule has 0 spiro atoms. The van der Waals surface area contributed by atoms with E-state index in [0.717, 1.165) is 34.9 Å². The number of benzene rings is 1. The summed E-state index contributed by atoms with van der Waals surface area (Å²) in [6.45, 7) is 0.446. The molecule has 1 saturated carbocycles. The zero-order valence-electron chi connectivity index (χ0n) is 13.0. The molecule has 1 saturated heterocycles. The van der Waals surface area contributed by atoms with E-state index in [4.69, 9.17) is 16.3 Å². The first kappa shape index (κ1) is 15.8. The zero-order valence-corrected chi connectivity index (χ0v) is 14.6. The molecule has 1 amide bonds. The van der Waals surface area contributed by atoms with E-state index in [1.54, 1.807) is 0 Å². The maximum absolute atomic E-state index is 12.2. The first-order valence-corrected chi connectivity index (χ1v) is 9.28. The first-order chi connectivity index (χ1) is 11.7. The third kappa shape index (κ3) is 3.37. The molecule has 24 heavy (non-hydrogen) atoms. The van der Waals surface area contributed by atoms with Crippen LogP contribution in [0.1, 0.15) is 31.2 Å². The first-order valence-electron chi connectivity index (χ1n) is 8.09. The number of carbonyl (C=O) groups is 1. The number of halogens is 1. The summed E-state index contributed by atoms with van der Waals surface area (Å²) in [6, 6.07) is 5.90. The standard InChI is InChI=1S/C18H17ClN2O2S/c19-13-5-6-15-12(9-13)7-11(10-23-15)8-16-17(22)21-18(24-16)20-14-3-1-2-4-14/h5-9,14H,1-4,10H2,(H,20,21,22). The van der Waals surface area contributed by atoms with Crippen molar-refractivity contribution >= 4 is 40.5 Å². The van der Waals surface area contributed by atoms with Gasteiger partial charge < -0.3 is 10.1 Å². The minimum Gasteiger partial charge on any atom is -0.488 e. The number of nitrogens with one attached hydrogen (secondary N) is 1. The molecule has 1 N–H and O–H groups in total. The Morgan fingerprint density at radius 2 is 2.17 bits per heavy atom. The number of amidine groups is 1. The fourth-order valence-corrected chi connectivity index (χ4v) is 4.19. The molecule has 0 aromatic heterocycles. The number of ether oxygens (including phenoxy) is 1. The third-order valence-electron chi connectivity index (χ3n) is 4.30. The number of hydrogen-bond acceptors (Lipinski definition) is 4. The molecule has 4 nitrogen and oxygen atoms in total. The van der Waals surface area contributed by atoms with Crippen molar-refractivity contribution in [3.05, 3.63) is 45.3 Å². The van der Waals surface area contributed by atoms with Gasteiger partial charge >= 0.3 is 0 Å². The Labute approximate surface area is 150 Å². The molecule has 3 aliphatic rings. The summed E-state index contributed by atoms with van der Waals surface area (Å²) >= 11 is 7.45. The topological polar surface area (TPSA) is 50.7 Å². The van der Waals surface area contributed by atoms with Gasteiger partial charge in [-0.1, -0.05) is 24.4 Å². The predicted octanol–water partition coefficient (Wildman–Crippen LogP) is 4.16. The highest BCUT2D eigenvalue weighted by Crippen LogP contribution is 2.32. The van der Waals surface area contributed by atoms with Crippen LogP contribution in [0, 0.1) is 0 Å². The van der Waals surface area contributed by atoms with Crippen LogP contribution in [0.2, 0.25) is 5.02 Å². The van der Waals surface area contributed by atoms with Gasteiger partial charge in [-0.3, -0.25) is 9.79 Å². The molecular formula is C18H17ClN2O2S. The Kier molecular flexibility index (Phi) is 4.37. The molecule has 1 aliphatic carbocycles. The summed E-state index contributed by atoms with van der Waals surface area (Å²) in [5, 5.41) is 4.25. The summed E-state index contributed by atoms with van der Waals surface area (Å²) in [6.07, 6.45) is 8.59. The van der Waals surface area contributed by atoms with Crippen LogP contribution in [0.3, 0.4) is 0 Å². The van der Waals surface area contributed by atoms with Crippen LogP contribution >= 0.6 is 23.4 Å². The lowest BCUT2D eigenvalue weighted by Gasteiger charge is -2.16. The number of fused-ring (bicyclic) bond motifs is 1. The molecule has 0 bridgehead atoms. The van der Waals surface area contributed by atoms with E-state index in [1.807, 2.05) is 30.4 Å². The highest BCUT2D eigenvalue weighted by atomic mass is 35.5. The molecule has 2 aliphatic heterocycles. The molecule has 2 fully saturated rings. The molecular weight excluding hydrogens is 344 g/mol. The van der Waals surface area contributed by atoms with Crippen LogP contribution in [0.25, 0.3) is 6.08 Å². The van der Waals surface area contributed by atoms with Crippen LogP contribution in [-0.4, -0.2) is 23.7 Å². The van der Waals surface area contributed by atoms with Crippen LogP contribution < -0.4 is 10.1 Å². The van der Waals surface area contributed by atoms with Gasteiger partial charge in [0.15, 0.2) is 5.17 Å². The van der Waals surface area contributed by atoms with E-state index in [2.05, 4.69) is 10.3 Å². The summed E-state index contributed by atoms with van der Waals surface area (Å²) in [4.78, 5) is 17.5. The Hall–Kier alpha value is -1.72. The summed E-state index contributed by atoms with van der Waals surface area (Å²) < 4.78 is 5.73. The fraction of sp³-hybridized carbons (Fsp3) is 0.333. The van der Waals surface area contributed by atoms with Crippen LogP contribution in [-0.2, 0) is 4.79 Å².